The lowest BCUT2D eigenvalue weighted by Gasteiger charge is -2.37. The minimum atomic E-state index is -4.72. The summed E-state index contributed by atoms with van der Waals surface area (Å²) in [6.45, 7) is 10.7. The van der Waals surface area contributed by atoms with Crippen molar-refractivity contribution in [2.75, 3.05) is 0 Å². The third kappa shape index (κ3) is 5.20. The van der Waals surface area contributed by atoms with Gasteiger partial charge in [0.2, 0.25) is 5.60 Å². The number of halogens is 3. The van der Waals surface area contributed by atoms with Gasteiger partial charge in [-0.1, -0.05) is 6.58 Å². The molecule has 2 saturated carbocycles. The quantitative estimate of drug-likeness (QED) is 0.465. The van der Waals surface area contributed by atoms with Crippen LogP contribution >= 0.6 is 0 Å². The Morgan fingerprint density at radius 1 is 1.00 bits per heavy atom. The van der Waals surface area contributed by atoms with Gasteiger partial charge in [0.1, 0.15) is 11.7 Å². The van der Waals surface area contributed by atoms with Crippen molar-refractivity contribution in [2.24, 2.45) is 17.8 Å². The predicted molar refractivity (Wildman–Crippen MR) is 95.4 cm³/mol. The van der Waals surface area contributed by atoms with Crippen molar-refractivity contribution in [3.8, 4) is 0 Å². The van der Waals surface area contributed by atoms with Crippen molar-refractivity contribution < 1.29 is 37.0 Å². The second-order valence-corrected chi connectivity index (χ2v) is 9.21. The van der Waals surface area contributed by atoms with Gasteiger partial charge in [0.25, 0.3) is 0 Å². The molecule has 2 aliphatic rings. The number of hydrogen-bond donors (Lipinski definition) is 0. The van der Waals surface area contributed by atoms with E-state index in [1.165, 1.54) is 0 Å². The molecule has 5 nitrogen and oxygen atoms in total. The number of esters is 1. The fourth-order valence-corrected chi connectivity index (χ4v) is 4.14. The van der Waals surface area contributed by atoms with E-state index in [9.17, 15) is 22.8 Å². The topological polar surface area (TPSA) is 61.8 Å². The van der Waals surface area contributed by atoms with E-state index < -0.39 is 29.5 Å². The summed E-state index contributed by atoms with van der Waals surface area (Å²) < 4.78 is 56.3. The molecule has 2 rings (SSSR count). The summed E-state index contributed by atoms with van der Waals surface area (Å²) in [7, 11) is 0. The Hall–Kier alpha value is -1.73. The summed E-state index contributed by atoms with van der Waals surface area (Å²) in [6, 6.07) is 0. The molecule has 0 aromatic heterocycles. The number of rotatable bonds is 5. The van der Waals surface area contributed by atoms with E-state index in [1.807, 2.05) is 0 Å². The first-order valence-corrected chi connectivity index (χ1v) is 9.46. The number of alkyl halides is 3. The zero-order valence-electron chi connectivity index (χ0n) is 17.0. The highest BCUT2D eigenvalue weighted by Gasteiger charge is 2.59. The van der Waals surface area contributed by atoms with E-state index >= 15 is 0 Å². The van der Waals surface area contributed by atoms with Crippen LogP contribution in [0.2, 0.25) is 0 Å². The molecule has 2 bridgehead atoms. The Bertz CT molecular complexity index is 637. The third-order valence-electron chi connectivity index (χ3n) is 5.49. The Morgan fingerprint density at radius 2 is 1.61 bits per heavy atom. The van der Waals surface area contributed by atoms with Gasteiger partial charge >= 0.3 is 18.3 Å². The molecular weight excluding hydrogens is 377 g/mol. The lowest BCUT2D eigenvalue weighted by atomic mass is 9.79. The summed E-state index contributed by atoms with van der Waals surface area (Å²) in [5.74, 6) is -0.713. The second kappa shape index (κ2) is 7.59. The van der Waals surface area contributed by atoms with Gasteiger partial charge in [0, 0.05) is 5.57 Å². The molecule has 0 saturated heterocycles. The largest absolute Gasteiger partial charge is 0.509 e. The van der Waals surface area contributed by atoms with Gasteiger partial charge in [-0.3, -0.25) is 0 Å². The highest BCUT2D eigenvalue weighted by Crippen LogP contribution is 2.54. The van der Waals surface area contributed by atoms with Crippen molar-refractivity contribution in [2.45, 2.75) is 83.8 Å². The van der Waals surface area contributed by atoms with Crippen molar-refractivity contribution >= 4 is 12.1 Å². The summed E-state index contributed by atoms with van der Waals surface area (Å²) in [5, 5.41) is 0. The van der Waals surface area contributed by atoms with E-state index in [0.717, 1.165) is 6.92 Å². The van der Waals surface area contributed by atoms with Crippen LogP contribution in [0, 0.1) is 17.8 Å². The zero-order chi connectivity index (χ0) is 21.5. The predicted octanol–water partition coefficient (Wildman–Crippen LogP) is 5.18. The van der Waals surface area contributed by atoms with E-state index in [2.05, 4.69) is 6.58 Å². The number of hydrogen-bond acceptors (Lipinski definition) is 5. The van der Waals surface area contributed by atoms with Crippen LogP contribution in [0.15, 0.2) is 12.2 Å². The Morgan fingerprint density at radius 3 is 2.04 bits per heavy atom. The molecule has 8 heteroatoms. The maximum absolute atomic E-state index is 13.7. The molecule has 0 aliphatic heterocycles. The normalized spacial score (nSPS) is 29.1. The van der Waals surface area contributed by atoms with Gasteiger partial charge in [0.05, 0.1) is 0 Å². The highest BCUT2D eigenvalue weighted by atomic mass is 19.4. The summed E-state index contributed by atoms with van der Waals surface area (Å²) in [4.78, 5) is 23.6. The van der Waals surface area contributed by atoms with Gasteiger partial charge in [-0.05, 0) is 78.1 Å². The maximum Gasteiger partial charge on any atom is 0.509 e. The maximum atomic E-state index is 13.7. The van der Waals surface area contributed by atoms with Crippen LogP contribution in [0.4, 0.5) is 18.0 Å². The van der Waals surface area contributed by atoms with Gasteiger partial charge in [-0.25, -0.2) is 9.59 Å². The summed E-state index contributed by atoms with van der Waals surface area (Å²) in [6.07, 6.45) is -4.94. The van der Waals surface area contributed by atoms with Gasteiger partial charge < -0.3 is 14.2 Å². The van der Waals surface area contributed by atoms with Crippen LogP contribution in [0.5, 0.6) is 0 Å². The zero-order valence-corrected chi connectivity index (χ0v) is 17.0. The van der Waals surface area contributed by atoms with E-state index in [0.29, 0.717) is 24.8 Å². The first-order valence-electron chi connectivity index (χ1n) is 9.46. The second-order valence-electron chi connectivity index (χ2n) is 9.21. The minimum absolute atomic E-state index is 0.00293. The number of carbonyl (C=O) groups excluding carboxylic acids is 2. The fourth-order valence-electron chi connectivity index (χ4n) is 4.14. The van der Waals surface area contributed by atoms with Crippen molar-refractivity contribution in [1.29, 1.82) is 0 Å². The number of fused-ring (bicyclic) bond motifs is 2. The molecule has 0 amide bonds. The van der Waals surface area contributed by atoms with Crippen LogP contribution in [0.25, 0.3) is 0 Å². The average molecular weight is 406 g/mol. The van der Waals surface area contributed by atoms with Crippen molar-refractivity contribution in [3.63, 3.8) is 0 Å². The molecule has 28 heavy (non-hydrogen) atoms. The third-order valence-corrected chi connectivity index (χ3v) is 5.49. The van der Waals surface area contributed by atoms with E-state index in [4.69, 9.17) is 14.2 Å². The molecule has 2 aliphatic carbocycles. The van der Waals surface area contributed by atoms with Crippen LogP contribution < -0.4 is 0 Å². The molecular formula is C20H29F3O5. The van der Waals surface area contributed by atoms with E-state index in [-0.39, 0.29) is 30.3 Å². The molecule has 0 aromatic rings. The van der Waals surface area contributed by atoms with E-state index in [1.54, 1.807) is 27.7 Å². The monoisotopic (exact) mass is 406 g/mol. The van der Waals surface area contributed by atoms with Crippen molar-refractivity contribution in [1.82, 2.24) is 0 Å². The van der Waals surface area contributed by atoms with Gasteiger partial charge in [-0.15, -0.1) is 0 Å². The van der Waals surface area contributed by atoms with Gasteiger partial charge in [-0.2, -0.15) is 13.2 Å². The van der Waals surface area contributed by atoms with Gasteiger partial charge in [0.15, 0.2) is 0 Å². The smallest absolute Gasteiger partial charge is 0.459 e. The Labute approximate surface area is 163 Å². The van der Waals surface area contributed by atoms with Crippen LogP contribution in [-0.4, -0.2) is 35.6 Å². The first kappa shape index (κ1) is 22.6. The Balaban J connectivity index is 2.03. The average Bonchev–Trinajstić information content (AvgIpc) is 3.03. The summed E-state index contributed by atoms with van der Waals surface area (Å²) >= 11 is 0. The molecule has 0 aromatic carbocycles. The number of carbonyl (C=O) groups is 2. The lowest BCUT2D eigenvalue weighted by molar-refractivity contribution is -0.265. The molecule has 0 heterocycles. The molecule has 5 atom stereocenters. The molecule has 0 spiro atoms. The standard InChI is InChI=1S/C20H29F3O5/c1-11(2)16(24)26-15-9-12-7-13(15)8-14(12)10-19(6,20(21,22)23)28-17(25)27-18(3,4)5/h12-15H,1,7-10H2,2-6H3. The summed E-state index contributed by atoms with van der Waals surface area (Å²) in [5.41, 5.74) is -3.28. The molecule has 5 unspecified atom stereocenters. The fraction of sp³-hybridized carbons (Fsp3) is 0.800. The molecule has 0 N–H and O–H groups in total. The van der Waals surface area contributed by atoms with Crippen LogP contribution in [0.1, 0.15) is 60.3 Å². The highest BCUT2D eigenvalue weighted by molar-refractivity contribution is 5.87. The number of ether oxygens (including phenoxy) is 3. The van der Waals surface area contributed by atoms with Crippen LogP contribution in [0.3, 0.4) is 0 Å². The SMILES string of the molecule is C=C(C)C(=O)OC1CC2CC1CC2CC(C)(OC(=O)OC(C)(C)C)C(F)(F)F. The minimum Gasteiger partial charge on any atom is -0.459 e. The molecule has 160 valence electrons. The molecule has 2 fully saturated rings. The van der Waals surface area contributed by atoms with Crippen LogP contribution in [-0.2, 0) is 19.0 Å². The Kier molecular flexibility index (Phi) is 6.12. The van der Waals surface area contributed by atoms with Crippen molar-refractivity contribution in [3.05, 3.63) is 12.2 Å². The first-order chi connectivity index (χ1) is 12.6. The molecule has 0 radical (unpaired) electrons. The lowest BCUT2D eigenvalue weighted by Crippen LogP contribution is -2.49.